The number of rotatable bonds is 7. The molecule has 0 spiro atoms. The zero-order valence-electron chi connectivity index (χ0n) is 16.9. The third kappa shape index (κ3) is 4.95. The van der Waals surface area contributed by atoms with E-state index in [1.54, 1.807) is 42.5 Å². The number of hydrogen-bond donors (Lipinski definition) is 1. The van der Waals surface area contributed by atoms with Gasteiger partial charge in [0.2, 0.25) is 21.1 Å². The highest BCUT2D eigenvalue weighted by Gasteiger charge is 2.26. The summed E-state index contributed by atoms with van der Waals surface area (Å²) in [7, 11) is -3.74. The lowest BCUT2D eigenvalue weighted by atomic mass is 10.2. The number of carbonyl (C=O) groups excluding carboxylic acids is 1. The number of halogens is 1. The van der Waals surface area contributed by atoms with Gasteiger partial charge in [-0.2, -0.15) is 0 Å². The van der Waals surface area contributed by atoms with Crippen LogP contribution in [0, 0.1) is 0 Å². The Morgan fingerprint density at radius 1 is 1.12 bits per heavy atom. The lowest BCUT2D eigenvalue weighted by Gasteiger charge is -2.25. The van der Waals surface area contributed by atoms with Gasteiger partial charge in [0.1, 0.15) is 24.8 Å². The highest BCUT2D eigenvalue weighted by atomic mass is 35.5. The van der Waals surface area contributed by atoms with E-state index in [1.807, 2.05) is 0 Å². The van der Waals surface area contributed by atoms with Crippen molar-refractivity contribution >= 4 is 49.7 Å². The number of nitrogens with zero attached hydrogens (tertiary/aromatic N) is 3. The number of anilines is 2. The van der Waals surface area contributed by atoms with Crippen LogP contribution in [-0.2, 0) is 14.8 Å². The predicted octanol–water partition coefficient (Wildman–Crippen LogP) is 3.42. The predicted molar refractivity (Wildman–Crippen MR) is 123 cm³/mol. The van der Waals surface area contributed by atoms with Crippen molar-refractivity contribution in [2.75, 3.05) is 35.1 Å². The van der Waals surface area contributed by atoms with Crippen molar-refractivity contribution in [2.24, 2.45) is 0 Å². The van der Waals surface area contributed by atoms with Gasteiger partial charge in [0, 0.05) is 16.7 Å². The summed E-state index contributed by atoms with van der Waals surface area (Å²) in [5.74, 6) is 0.244. The van der Waals surface area contributed by atoms with Crippen molar-refractivity contribution in [3.63, 3.8) is 0 Å². The molecule has 32 heavy (non-hydrogen) atoms. The molecule has 12 heteroatoms. The molecular weight excluding hydrogens is 476 g/mol. The first kappa shape index (κ1) is 22.3. The number of amides is 1. The van der Waals surface area contributed by atoms with Gasteiger partial charge in [-0.05, 0) is 31.2 Å². The smallest absolute Gasteiger partial charge is 0.246 e. The molecule has 1 aliphatic heterocycles. The van der Waals surface area contributed by atoms with Gasteiger partial charge in [-0.25, -0.2) is 8.42 Å². The van der Waals surface area contributed by atoms with E-state index in [4.69, 9.17) is 21.1 Å². The molecule has 0 bridgehead atoms. The maximum absolute atomic E-state index is 12.7. The van der Waals surface area contributed by atoms with E-state index in [9.17, 15) is 13.2 Å². The van der Waals surface area contributed by atoms with Gasteiger partial charge in [0.25, 0.3) is 0 Å². The van der Waals surface area contributed by atoms with Crippen molar-refractivity contribution in [1.82, 2.24) is 10.2 Å². The summed E-state index contributed by atoms with van der Waals surface area (Å²) in [5.41, 5.74) is 1.12. The minimum absolute atomic E-state index is 0.172. The third-order valence-electron chi connectivity index (χ3n) is 4.56. The molecule has 4 rings (SSSR count). The van der Waals surface area contributed by atoms with Gasteiger partial charge in [-0.3, -0.25) is 14.4 Å². The molecule has 0 radical (unpaired) electrons. The van der Waals surface area contributed by atoms with Gasteiger partial charge >= 0.3 is 0 Å². The van der Waals surface area contributed by atoms with E-state index in [0.717, 1.165) is 9.87 Å². The summed E-state index contributed by atoms with van der Waals surface area (Å²) >= 11 is 7.08. The fraction of sp³-hybridized carbons (Fsp3) is 0.250. The molecule has 0 atom stereocenters. The summed E-state index contributed by atoms with van der Waals surface area (Å²) in [6.07, 6.45) is 0. The van der Waals surface area contributed by atoms with Crippen molar-refractivity contribution in [2.45, 2.75) is 6.92 Å². The van der Waals surface area contributed by atoms with E-state index in [0.29, 0.717) is 40.4 Å². The number of nitrogens with one attached hydrogen (secondary N) is 1. The normalized spacial score (nSPS) is 12.9. The molecule has 2 heterocycles. The zero-order chi connectivity index (χ0) is 22.7. The molecule has 1 amide bonds. The first-order valence-electron chi connectivity index (χ1n) is 9.65. The van der Waals surface area contributed by atoms with Gasteiger partial charge in [0.05, 0.1) is 11.4 Å². The largest absolute Gasteiger partial charge is 0.486 e. The Kier molecular flexibility index (Phi) is 6.49. The van der Waals surface area contributed by atoms with Crippen LogP contribution in [0.3, 0.4) is 0 Å². The molecule has 1 aliphatic rings. The van der Waals surface area contributed by atoms with E-state index in [-0.39, 0.29) is 10.9 Å². The zero-order valence-corrected chi connectivity index (χ0v) is 19.3. The molecule has 168 valence electrons. The van der Waals surface area contributed by atoms with Gasteiger partial charge in [-0.15, -0.1) is 10.2 Å². The summed E-state index contributed by atoms with van der Waals surface area (Å²) in [5, 5.41) is 12.1. The van der Waals surface area contributed by atoms with Crippen LogP contribution in [-0.4, -0.2) is 50.0 Å². The summed E-state index contributed by atoms with van der Waals surface area (Å²) in [6, 6.07) is 11.8. The van der Waals surface area contributed by atoms with Crippen LogP contribution >= 0.6 is 22.9 Å². The average molecular weight is 495 g/mol. The van der Waals surface area contributed by atoms with E-state index >= 15 is 0 Å². The molecule has 0 aliphatic carbocycles. The minimum atomic E-state index is -3.74. The lowest BCUT2D eigenvalue weighted by Crippen LogP contribution is -2.39. The van der Waals surface area contributed by atoms with Crippen LogP contribution in [0.1, 0.15) is 6.92 Å². The molecule has 0 fully saturated rings. The Morgan fingerprint density at radius 2 is 1.84 bits per heavy atom. The van der Waals surface area contributed by atoms with E-state index in [1.165, 1.54) is 18.3 Å². The van der Waals surface area contributed by atoms with Crippen molar-refractivity contribution in [3.8, 4) is 22.1 Å². The van der Waals surface area contributed by atoms with E-state index in [2.05, 4.69) is 15.5 Å². The molecular formula is C20H19ClN4O5S2. The van der Waals surface area contributed by atoms with Crippen LogP contribution in [0.15, 0.2) is 42.5 Å². The molecule has 0 saturated heterocycles. The number of carbonyl (C=O) groups is 1. The second-order valence-electron chi connectivity index (χ2n) is 6.70. The Bertz CT molecular complexity index is 1230. The van der Waals surface area contributed by atoms with E-state index < -0.39 is 22.5 Å². The quantitative estimate of drug-likeness (QED) is 0.535. The minimum Gasteiger partial charge on any atom is -0.486 e. The summed E-state index contributed by atoms with van der Waals surface area (Å²) in [4.78, 5) is 12.7. The number of sulfonamides is 1. The van der Waals surface area contributed by atoms with Crippen molar-refractivity contribution in [3.05, 3.63) is 47.5 Å². The molecule has 2 aromatic carbocycles. The Hall–Kier alpha value is -2.89. The Balaban J connectivity index is 1.52. The standard InChI is InChI=1S/C20H19ClN4O5S2/c1-2-32(27,28)25(15-7-8-16-17(11-15)30-10-9-29-16)12-18(26)22-20-24-23-19(31-20)13-3-5-14(21)6-4-13/h3-8,11H,2,9-10,12H2,1H3,(H,22,24,26). The fourth-order valence-electron chi connectivity index (χ4n) is 2.97. The summed E-state index contributed by atoms with van der Waals surface area (Å²) < 4.78 is 37.5. The van der Waals surface area contributed by atoms with Gasteiger partial charge in [0.15, 0.2) is 11.5 Å². The Morgan fingerprint density at radius 3 is 2.56 bits per heavy atom. The van der Waals surface area contributed by atoms with Gasteiger partial charge in [-0.1, -0.05) is 35.1 Å². The van der Waals surface area contributed by atoms with Crippen LogP contribution in [0.2, 0.25) is 5.02 Å². The van der Waals surface area contributed by atoms with Crippen LogP contribution in [0.4, 0.5) is 10.8 Å². The Labute approximate surface area is 194 Å². The second-order valence-corrected chi connectivity index (χ2v) is 10.3. The molecule has 1 aromatic heterocycles. The number of fused-ring (bicyclic) bond motifs is 1. The first-order valence-corrected chi connectivity index (χ1v) is 12.5. The third-order valence-corrected chi connectivity index (χ3v) is 7.44. The summed E-state index contributed by atoms with van der Waals surface area (Å²) in [6.45, 7) is 1.88. The number of hydrogen-bond acceptors (Lipinski definition) is 8. The number of benzene rings is 2. The first-order chi connectivity index (χ1) is 15.4. The molecule has 1 N–H and O–H groups in total. The maximum Gasteiger partial charge on any atom is 0.246 e. The topological polar surface area (TPSA) is 111 Å². The molecule has 9 nitrogen and oxygen atoms in total. The number of ether oxygens (including phenoxy) is 2. The van der Waals surface area contributed by atoms with Crippen LogP contribution < -0.4 is 19.1 Å². The molecule has 0 unspecified atom stereocenters. The number of aromatic nitrogens is 2. The van der Waals surface area contributed by atoms with Crippen LogP contribution in [0.5, 0.6) is 11.5 Å². The highest BCUT2D eigenvalue weighted by Crippen LogP contribution is 2.35. The average Bonchev–Trinajstić information content (AvgIpc) is 3.26. The van der Waals surface area contributed by atoms with Crippen LogP contribution in [0.25, 0.3) is 10.6 Å². The highest BCUT2D eigenvalue weighted by molar-refractivity contribution is 7.92. The SMILES string of the molecule is CCS(=O)(=O)N(CC(=O)Nc1nnc(-c2ccc(Cl)cc2)s1)c1ccc2c(c1)OCCO2. The second kappa shape index (κ2) is 9.31. The lowest BCUT2D eigenvalue weighted by molar-refractivity contribution is -0.114. The fourth-order valence-corrected chi connectivity index (χ4v) is 4.92. The molecule has 0 saturated carbocycles. The maximum atomic E-state index is 12.7. The van der Waals surface area contributed by atoms with Crippen molar-refractivity contribution < 1.29 is 22.7 Å². The molecule has 3 aromatic rings. The monoisotopic (exact) mass is 494 g/mol. The van der Waals surface area contributed by atoms with Gasteiger partial charge < -0.3 is 9.47 Å². The van der Waals surface area contributed by atoms with Crippen molar-refractivity contribution in [1.29, 1.82) is 0 Å².